The largest absolute Gasteiger partial charge is 0.492 e. The number of rotatable bonds is 4. The fourth-order valence-corrected chi connectivity index (χ4v) is 2.89. The summed E-state index contributed by atoms with van der Waals surface area (Å²) in [5.74, 6) is -0.720. The van der Waals surface area contributed by atoms with Gasteiger partial charge in [-0.3, -0.25) is 9.59 Å². The Morgan fingerprint density at radius 2 is 1.96 bits per heavy atom. The number of anilines is 1. The van der Waals surface area contributed by atoms with E-state index < -0.39 is 11.7 Å². The zero-order valence-electron chi connectivity index (χ0n) is 14.7. The Labute approximate surface area is 151 Å². The Morgan fingerprint density at radius 3 is 2.69 bits per heavy atom. The Hall–Kier alpha value is -2.89. The van der Waals surface area contributed by atoms with Gasteiger partial charge in [-0.2, -0.15) is 0 Å². The van der Waals surface area contributed by atoms with Crippen molar-refractivity contribution in [3.8, 4) is 5.75 Å². The van der Waals surface area contributed by atoms with Gasteiger partial charge in [0.05, 0.1) is 11.5 Å². The molecule has 26 heavy (non-hydrogen) atoms. The lowest BCUT2D eigenvalue weighted by Crippen LogP contribution is -2.40. The molecule has 1 atom stereocenters. The standard InChI is InChI=1S/C20H21FN2O3/c1-12(2)22-19(24)14-9-13-10-15(7-8-18(13)26-11-14)23-20(25)16-5-3-4-6-17(16)21/h3-8,10,12,14H,9,11H2,1-2H3,(H,22,24)(H,23,25)/t14-/m1/s1. The molecule has 0 bridgehead atoms. The highest BCUT2D eigenvalue weighted by Crippen LogP contribution is 2.30. The monoisotopic (exact) mass is 356 g/mol. The van der Waals surface area contributed by atoms with Crippen molar-refractivity contribution in [2.45, 2.75) is 26.3 Å². The van der Waals surface area contributed by atoms with Crippen LogP contribution in [0.5, 0.6) is 5.75 Å². The molecule has 2 amide bonds. The molecule has 136 valence electrons. The van der Waals surface area contributed by atoms with Crippen molar-refractivity contribution >= 4 is 17.5 Å². The molecule has 5 nitrogen and oxygen atoms in total. The molecule has 0 radical (unpaired) electrons. The van der Waals surface area contributed by atoms with Crippen LogP contribution in [-0.4, -0.2) is 24.5 Å². The number of benzene rings is 2. The van der Waals surface area contributed by atoms with E-state index >= 15 is 0 Å². The fourth-order valence-electron chi connectivity index (χ4n) is 2.89. The van der Waals surface area contributed by atoms with E-state index in [9.17, 15) is 14.0 Å². The highest BCUT2D eigenvalue weighted by atomic mass is 19.1. The predicted molar refractivity (Wildman–Crippen MR) is 96.8 cm³/mol. The summed E-state index contributed by atoms with van der Waals surface area (Å²) >= 11 is 0. The van der Waals surface area contributed by atoms with Crippen LogP contribution >= 0.6 is 0 Å². The zero-order valence-corrected chi connectivity index (χ0v) is 14.7. The van der Waals surface area contributed by atoms with Gasteiger partial charge in [0.1, 0.15) is 18.2 Å². The Morgan fingerprint density at radius 1 is 1.19 bits per heavy atom. The van der Waals surface area contributed by atoms with E-state index in [0.717, 1.165) is 5.56 Å². The van der Waals surface area contributed by atoms with Crippen molar-refractivity contribution in [3.05, 3.63) is 59.4 Å². The summed E-state index contributed by atoms with van der Waals surface area (Å²) in [6.45, 7) is 4.14. The molecular weight excluding hydrogens is 335 g/mol. The third-order valence-electron chi connectivity index (χ3n) is 4.14. The number of carbonyl (C=O) groups excluding carboxylic acids is 2. The van der Waals surface area contributed by atoms with Crippen molar-refractivity contribution in [3.63, 3.8) is 0 Å². The number of halogens is 1. The van der Waals surface area contributed by atoms with Crippen molar-refractivity contribution in [2.24, 2.45) is 5.92 Å². The second-order valence-electron chi connectivity index (χ2n) is 6.63. The molecule has 6 heteroatoms. The van der Waals surface area contributed by atoms with Crippen molar-refractivity contribution in [1.82, 2.24) is 5.32 Å². The molecule has 0 aromatic heterocycles. The van der Waals surface area contributed by atoms with E-state index in [0.29, 0.717) is 24.5 Å². The summed E-state index contributed by atoms with van der Waals surface area (Å²) in [5.41, 5.74) is 1.35. The van der Waals surface area contributed by atoms with Gasteiger partial charge in [-0.15, -0.1) is 0 Å². The molecule has 0 unspecified atom stereocenters. The number of amides is 2. The van der Waals surface area contributed by atoms with Gasteiger partial charge in [0.25, 0.3) is 5.91 Å². The highest BCUT2D eigenvalue weighted by molar-refractivity contribution is 6.04. The molecular formula is C20H21FN2O3. The first-order valence-electron chi connectivity index (χ1n) is 8.56. The van der Waals surface area contributed by atoms with E-state index in [4.69, 9.17) is 4.74 Å². The molecule has 0 aliphatic carbocycles. The fraction of sp³-hybridized carbons (Fsp3) is 0.300. The summed E-state index contributed by atoms with van der Waals surface area (Å²) in [7, 11) is 0. The molecule has 3 rings (SSSR count). The lowest BCUT2D eigenvalue weighted by molar-refractivity contribution is -0.126. The Balaban J connectivity index is 1.74. The number of fused-ring (bicyclic) bond motifs is 1. The van der Waals surface area contributed by atoms with E-state index in [1.807, 2.05) is 13.8 Å². The van der Waals surface area contributed by atoms with Gasteiger partial charge in [-0.1, -0.05) is 12.1 Å². The third-order valence-corrected chi connectivity index (χ3v) is 4.14. The van der Waals surface area contributed by atoms with Gasteiger partial charge in [-0.05, 0) is 56.2 Å². The average Bonchev–Trinajstić information content (AvgIpc) is 2.60. The van der Waals surface area contributed by atoms with Gasteiger partial charge < -0.3 is 15.4 Å². The molecule has 2 aromatic carbocycles. The maximum Gasteiger partial charge on any atom is 0.258 e. The zero-order chi connectivity index (χ0) is 18.7. The Bertz CT molecular complexity index is 836. The summed E-state index contributed by atoms with van der Waals surface area (Å²) in [6, 6.07) is 11.1. The van der Waals surface area contributed by atoms with Crippen LogP contribution in [0.3, 0.4) is 0 Å². The molecule has 2 aromatic rings. The quantitative estimate of drug-likeness (QED) is 0.884. The number of hydrogen-bond donors (Lipinski definition) is 2. The van der Waals surface area contributed by atoms with Crippen LogP contribution in [-0.2, 0) is 11.2 Å². The number of carbonyl (C=O) groups is 2. The first-order chi connectivity index (χ1) is 12.4. The predicted octanol–water partition coefficient (Wildman–Crippen LogP) is 3.15. The van der Waals surface area contributed by atoms with E-state index in [2.05, 4.69) is 10.6 Å². The van der Waals surface area contributed by atoms with Gasteiger partial charge in [0, 0.05) is 11.7 Å². The SMILES string of the molecule is CC(C)NC(=O)[C@H]1COc2ccc(NC(=O)c3ccccc3F)cc2C1. The van der Waals surface area contributed by atoms with Crippen LogP contribution < -0.4 is 15.4 Å². The molecule has 0 fully saturated rings. The summed E-state index contributed by atoms with van der Waals surface area (Å²) in [4.78, 5) is 24.5. The molecule has 1 heterocycles. The first-order valence-corrected chi connectivity index (χ1v) is 8.56. The second-order valence-corrected chi connectivity index (χ2v) is 6.63. The molecule has 0 spiro atoms. The van der Waals surface area contributed by atoms with Crippen LogP contribution in [0.25, 0.3) is 0 Å². The van der Waals surface area contributed by atoms with Crippen molar-refractivity contribution in [1.29, 1.82) is 0 Å². The topological polar surface area (TPSA) is 67.4 Å². The van der Waals surface area contributed by atoms with Crippen LogP contribution in [0, 0.1) is 11.7 Å². The van der Waals surface area contributed by atoms with E-state index in [1.54, 1.807) is 24.3 Å². The molecule has 1 aliphatic heterocycles. The molecule has 2 N–H and O–H groups in total. The lowest BCUT2D eigenvalue weighted by Gasteiger charge is -2.26. The van der Waals surface area contributed by atoms with Gasteiger partial charge in [0.15, 0.2) is 0 Å². The van der Waals surface area contributed by atoms with Crippen molar-refractivity contribution < 1.29 is 18.7 Å². The van der Waals surface area contributed by atoms with Crippen LogP contribution in [0.4, 0.5) is 10.1 Å². The Kier molecular flexibility index (Phi) is 5.21. The van der Waals surface area contributed by atoms with Crippen molar-refractivity contribution in [2.75, 3.05) is 11.9 Å². The summed E-state index contributed by atoms with van der Waals surface area (Å²) < 4.78 is 19.4. The average molecular weight is 356 g/mol. The smallest absolute Gasteiger partial charge is 0.258 e. The summed E-state index contributed by atoms with van der Waals surface area (Å²) in [5, 5.41) is 5.58. The maximum absolute atomic E-state index is 13.7. The minimum absolute atomic E-state index is 0.0179. The van der Waals surface area contributed by atoms with Gasteiger partial charge in [0.2, 0.25) is 5.91 Å². The van der Waals surface area contributed by atoms with Crippen LogP contribution in [0.1, 0.15) is 29.8 Å². The second kappa shape index (κ2) is 7.56. The van der Waals surface area contributed by atoms with E-state index in [-0.39, 0.29) is 23.4 Å². The minimum Gasteiger partial charge on any atom is -0.492 e. The van der Waals surface area contributed by atoms with Crippen LogP contribution in [0.15, 0.2) is 42.5 Å². The molecule has 1 aliphatic rings. The third kappa shape index (κ3) is 4.02. The van der Waals surface area contributed by atoms with Gasteiger partial charge in [-0.25, -0.2) is 4.39 Å². The molecule has 0 saturated carbocycles. The highest BCUT2D eigenvalue weighted by Gasteiger charge is 2.26. The van der Waals surface area contributed by atoms with Gasteiger partial charge >= 0.3 is 0 Å². The first kappa shape index (κ1) is 17.9. The summed E-state index contributed by atoms with van der Waals surface area (Å²) in [6.07, 6.45) is 0.525. The number of hydrogen-bond acceptors (Lipinski definition) is 3. The normalized spacial score (nSPS) is 15.8. The number of ether oxygens (including phenoxy) is 1. The lowest BCUT2D eigenvalue weighted by atomic mass is 9.95. The van der Waals surface area contributed by atoms with Crippen LogP contribution in [0.2, 0.25) is 0 Å². The van der Waals surface area contributed by atoms with E-state index in [1.165, 1.54) is 18.2 Å². The minimum atomic E-state index is -0.572. The number of nitrogens with one attached hydrogen (secondary N) is 2. The maximum atomic E-state index is 13.7. The molecule has 0 saturated heterocycles.